The van der Waals surface area contributed by atoms with Gasteiger partial charge in [-0.3, -0.25) is 4.90 Å². The first-order chi connectivity index (χ1) is 8.56. The van der Waals surface area contributed by atoms with Crippen molar-refractivity contribution < 1.29 is 19.4 Å². The summed E-state index contributed by atoms with van der Waals surface area (Å²) in [5, 5.41) is 8.88. The summed E-state index contributed by atoms with van der Waals surface area (Å²) >= 11 is 3.90. The number of aliphatic carboxylic acids is 1. The zero-order valence-electron chi connectivity index (χ0n) is 9.94. The molecule has 0 aliphatic carbocycles. The van der Waals surface area contributed by atoms with E-state index in [9.17, 15) is 9.59 Å². The monoisotopic (exact) mass is 269 g/mol. The van der Waals surface area contributed by atoms with Crippen LogP contribution in [0.15, 0.2) is 30.3 Å². The van der Waals surface area contributed by atoms with Gasteiger partial charge in [-0.05, 0) is 5.56 Å². The van der Waals surface area contributed by atoms with Gasteiger partial charge in [0.05, 0.1) is 0 Å². The number of hydrogen-bond acceptors (Lipinski definition) is 4. The molecule has 1 amide bonds. The number of carboxylic acid groups (broad SMARTS) is 1. The second-order valence-corrected chi connectivity index (χ2v) is 4.05. The van der Waals surface area contributed by atoms with Crippen LogP contribution in [0.5, 0.6) is 0 Å². The molecule has 1 rings (SSSR count). The molecule has 0 saturated heterocycles. The van der Waals surface area contributed by atoms with Crippen molar-refractivity contribution in [3.8, 4) is 0 Å². The molecule has 0 fully saturated rings. The average Bonchev–Trinajstić information content (AvgIpc) is 2.37. The van der Waals surface area contributed by atoms with Crippen molar-refractivity contribution in [2.75, 3.05) is 12.8 Å². The lowest BCUT2D eigenvalue weighted by atomic mass is 10.2. The van der Waals surface area contributed by atoms with Crippen LogP contribution in [0.3, 0.4) is 0 Å². The maximum Gasteiger partial charge on any atom is 0.410 e. The highest BCUT2D eigenvalue weighted by atomic mass is 32.1. The fourth-order valence-electron chi connectivity index (χ4n) is 1.31. The smallest absolute Gasteiger partial charge is 0.410 e. The van der Waals surface area contributed by atoms with Gasteiger partial charge in [-0.25, -0.2) is 9.59 Å². The highest BCUT2D eigenvalue weighted by Gasteiger charge is 2.26. The van der Waals surface area contributed by atoms with Gasteiger partial charge < -0.3 is 9.84 Å². The minimum Gasteiger partial charge on any atom is -0.480 e. The van der Waals surface area contributed by atoms with E-state index in [0.29, 0.717) is 0 Å². The molecule has 0 spiro atoms. The molecule has 0 heterocycles. The van der Waals surface area contributed by atoms with E-state index in [4.69, 9.17) is 9.84 Å². The Hall–Kier alpha value is -1.69. The van der Waals surface area contributed by atoms with E-state index in [1.165, 1.54) is 7.05 Å². The number of hydrogen-bond donors (Lipinski definition) is 2. The molecule has 98 valence electrons. The Morgan fingerprint density at radius 3 is 2.50 bits per heavy atom. The summed E-state index contributed by atoms with van der Waals surface area (Å²) in [6.45, 7) is 0.114. The van der Waals surface area contributed by atoms with Crippen LogP contribution < -0.4 is 0 Å². The number of rotatable bonds is 5. The Balaban J connectivity index is 2.52. The number of ether oxygens (including phenoxy) is 1. The van der Waals surface area contributed by atoms with Crippen molar-refractivity contribution in [1.29, 1.82) is 0 Å². The summed E-state index contributed by atoms with van der Waals surface area (Å²) in [7, 11) is 1.38. The van der Waals surface area contributed by atoms with Crippen LogP contribution in [0, 0.1) is 0 Å². The van der Waals surface area contributed by atoms with E-state index in [-0.39, 0.29) is 12.4 Å². The zero-order chi connectivity index (χ0) is 13.5. The van der Waals surface area contributed by atoms with Gasteiger partial charge in [-0.1, -0.05) is 30.3 Å². The normalized spacial score (nSPS) is 11.7. The molecule has 1 atom stereocenters. The fraction of sp³-hybridized carbons (Fsp3) is 0.333. The van der Waals surface area contributed by atoms with Gasteiger partial charge >= 0.3 is 12.1 Å². The maximum absolute atomic E-state index is 11.6. The molecule has 5 nitrogen and oxygen atoms in total. The van der Waals surface area contributed by atoms with E-state index < -0.39 is 18.1 Å². The predicted octanol–water partition coefficient (Wildman–Crippen LogP) is 1.64. The van der Waals surface area contributed by atoms with Crippen LogP contribution in [0.1, 0.15) is 5.56 Å². The molecule has 0 aromatic heterocycles. The number of benzene rings is 1. The minimum absolute atomic E-state index is 0.0340. The van der Waals surface area contributed by atoms with Crippen molar-refractivity contribution in [3.05, 3.63) is 35.9 Å². The van der Waals surface area contributed by atoms with Gasteiger partial charge in [0.2, 0.25) is 0 Å². The van der Waals surface area contributed by atoms with Crippen molar-refractivity contribution in [1.82, 2.24) is 4.90 Å². The summed E-state index contributed by atoms with van der Waals surface area (Å²) in [5.41, 5.74) is 0.844. The molecule has 1 aromatic rings. The number of amides is 1. The molecule has 0 aliphatic rings. The second kappa shape index (κ2) is 6.90. The van der Waals surface area contributed by atoms with Gasteiger partial charge in [0, 0.05) is 12.8 Å². The van der Waals surface area contributed by atoms with Crippen LogP contribution in [-0.4, -0.2) is 40.9 Å². The van der Waals surface area contributed by atoms with E-state index in [0.717, 1.165) is 10.5 Å². The Morgan fingerprint density at radius 1 is 1.39 bits per heavy atom. The fourth-order valence-corrected chi connectivity index (χ4v) is 1.72. The number of likely N-dealkylation sites (N-methyl/N-ethyl adjacent to an activating group) is 1. The van der Waals surface area contributed by atoms with E-state index in [1.54, 1.807) is 0 Å². The van der Waals surface area contributed by atoms with Crippen LogP contribution in [-0.2, 0) is 16.1 Å². The lowest BCUT2D eigenvalue weighted by Gasteiger charge is -2.22. The lowest BCUT2D eigenvalue weighted by molar-refractivity contribution is -0.141. The number of carboxylic acids is 1. The van der Waals surface area contributed by atoms with Crippen molar-refractivity contribution >= 4 is 24.7 Å². The van der Waals surface area contributed by atoms with Crippen LogP contribution in [0.25, 0.3) is 0 Å². The third-order valence-electron chi connectivity index (χ3n) is 2.42. The SMILES string of the molecule is CN(C(=O)OCc1ccccc1)[C@@H](CS)C(=O)O. The third kappa shape index (κ3) is 3.96. The summed E-state index contributed by atoms with van der Waals surface area (Å²) in [4.78, 5) is 23.5. The molecular weight excluding hydrogens is 254 g/mol. The number of thiol groups is 1. The summed E-state index contributed by atoms with van der Waals surface area (Å²) in [6.07, 6.45) is -0.680. The highest BCUT2D eigenvalue weighted by Crippen LogP contribution is 2.06. The lowest BCUT2D eigenvalue weighted by Crippen LogP contribution is -2.43. The molecule has 0 unspecified atom stereocenters. The first kappa shape index (κ1) is 14.4. The Labute approximate surface area is 111 Å². The molecule has 1 aromatic carbocycles. The molecular formula is C12H15NO4S. The van der Waals surface area contributed by atoms with Crippen molar-refractivity contribution in [2.45, 2.75) is 12.6 Å². The number of carbonyl (C=O) groups is 2. The van der Waals surface area contributed by atoms with Gasteiger partial charge in [-0.2, -0.15) is 12.6 Å². The van der Waals surface area contributed by atoms with Gasteiger partial charge in [0.25, 0.3) is 0 Å². The molecule has 0 saturated carbocycles. The average molecular weight is 269 g/mol. The Morgan fingerprint density at radius 2 is 2.00 bits per heavy atom. The molecule has 1 N–H and O–H groups in total. The zero-order valence-corrected chi connectivity index (χ0v) is 10.8. The summed E-state index contributed by atoms with van der Waals surface area (Å²) < 4.78 is 5.01. The summed E-state index contributed by atoms with van der Waals surface area (Å²) in [6, 6.07) is 8.18. The second-order valence-electron chi connectivity index (χ2n) is 3.69. The molecule has 0 aliphatic heterocycles. The molecule has 0 bridgehead atoms. The van der Waals surface area contributed by atoms with Gasteiger partial charge in [-0.15, -0.1) is 0 Å². The third-order valence-corrected chi connectivity index (χ3v) is 2.76. The maximum atomic E-state index is 11.6. The summed E-state index contributed by atoms with van der Waals surface area (Å²) in [5.74, 6) is -1.07. The topological polar surface area (TPSA) is 66.8 Å². The van der Waals surface area contributed by atoms with Crippen LogP contribution in [0.4, 0.5) is 4.79 Å². The van der Waals surface area contributed by atoms with Gasteiger partial charge in [0.15, 0.2) is 0 Å². The van der Waals surface area contributed by atoms with Crippen LogP contribution >= 0.6 is 12.6 Å². The minimum atomic E-state index is -1.11. The molecule has 0 radical (unpaired) electrons. The largest absolute Gasteiger partial charge is 0.480 e. The standard InChI is InChI=1S/C12H15NO4S/c1-13(10(8-18)11(14)15)12(16)17-7-9-5-3-2-4-6-9/h2-6,10,18H,7-8H2,1H3,(H,14,15)/t10-/m0/s1. The molecule has 6 heteroatoms. The van der Waals surface area contributed by atoms with Crippen LogP contribution in [0.2, 0.25) is 0 Å². The first-order valence-electron chi connectivity index (χ1n) is 5.33. The number of carbonyl (C=O) groups excluding carboxylic acids is 1. The predicted molar refractivity (Wildman–Crippen MR) is 69.7 cm³/mol. The highest BCUT2D eigenvalue weighted by molar-refractivity contribution is 7.80. The van der Waals surface area contributed by atoms with E-state index in [1.807, 2.05) is 30.3 Å². The molecule has 18 heavy (non-hydrogen) atoms. The quantitative estimate of drug-likeness (QED) is 0.797. The van der Waals surface area contributed by atoms with Gasteiger partial charge in [0.1, 0.15) is 12.6 Å². The van der Waals surface area contributed by atoms with E-state index >= 15 is 0 Å². The Bertz CT molecular complexity index is 410. The number of nitrogens with zero attached hydrogens (tertiary/aromatic N) is 1. The van der Waals surface area contributed by atoms with E-state index in [2.05, 4.69) is 12.6 Å². The Kier molecular flexibility index (Phi) is 5.51. The first-order valence-corrected chi connectivity index (χ1v) is 5.96. The van der Waals surface area contributed by atoms with Crippen molar-refractivity contribution in [3.63, 3.8) is 0 Å². The van der Waals surface area contributed by atoms with Crippen molar-refractivity contribution in [2.24, 2.45) is 0 Å².